The summed E-state index contributed by atoms with van der Waals surface area (Å²) in [6, 6.07) is 0. The first-order chi connectivity index (χ1) is 6.76. The molecule has 0 N–H and O–H groups in total. The Labute approximate surface area is 86.0 Å². The maximum Gasteiger partial charge on any atom is 0.305 e. The van der Waals surface area contributed by atoms with Gasteiger partial charge in [0.05, 0.1) is 0 Å². The molecule has 1 fully saturated rings. The zero-order valence-electron chi connectivity index (χ0n) is 8.79. The van der Waals surface area contributed by atoms with Crippen molar-refractivity contribution in [2.24, 2.45) is 5.92 Å². The van der Waals surface area contributed by atoms with Crippen molar-refractivity contribution >= 4 is 5.97 Å². The van der Waals surface area contributed by atoms with Gasteiger partial charge in [-0.2, -0.15) is 0 Å². The summed E-state index contributed by atoms with van der Waals surface area (Å²) in [6.45, 7) is 1.83. The van der Waals surface area contributed by atoms with E-state index in [0.717, 1.165) is 32.1 Å². The van der Waals surface area contributed by atoms with Gasteiger partial charge >= 0.3 is 5.97 Å². The van der Waals surface area contributed by atoms with Crippen LogP contribution in [0.2, 0.25) is 0 Å². The van der Waals surface area contributed by atoms with Crippen LogP contribution in [0.15, 0.2) is 0 Å². The van der Waals surface area contributed by atoms with Gasteiger partial charge < -0.3 is 4.74 Å². The quantitative estimate of drug-likeness (QED) is 0.509. The van der Waals surface area contributed by atoms with Gasteiger partial charge in [-0.3, -0.25) is 4.79 Å². The van der Waals surface area contributed by atoms with Crippen molar-refractivity contribution in [3.8, 4) is 12.3 Å². The average Bonchev–Trinajstić information content (AvgIpc) is 2.21. The fourth-order valence-corrected chi connectivity index (χ4v) is 1.89. The van der Waals surface area contributed by atoms with Crippen LogP contribution in [0, 0.1) is 18.3 Å². The average molecular weight is 194 g/mol. The van der Waals surface area contributed by atoms with E-state index in [1.807, 2.05) is 6.92 Å². The molecule has 1 aliphatic rings. The molecule has 0 bridgehead atoms. The predicted molar refractivity (Wildman–Crippen MR) is 55.6 cm³/mol. The van der Waals surface area contributed by atoms with E-state index in [0.29, 0.717) is 12.3 Å². The highest BCUT2D eigenvalue weighted by Gasteiger charge is 2.22. The van der Waals surface area contributed by atoms with Crippen LogP contribution in [-0.2, 0) is 9.53 Å². The fourth-order valence-electron chi connectivity index (χ4n) is 1.89. The highest BCUT2D eigenvalue weighted by Crippen LogP contribution is 2.28. The van der Waals surface area contributed by atoms with Crippen molar-refractivity contribution in [3.63, 3.8) is 0 Å². The molecule has 78 valence electrons. The Morgan fingerprint density at radius 2 is 2.07 bits per heavy atom. The van der Waals surface area contributed by atoms with E-state index in [1.165, 1.54) is 0 Å². The molecule has 2 nitrogen and oxygen atoms in total. The zero-order valence-corrected chi connectivity index (χ0v) is 8.79. The largest absolute Gasteiger partial charge is 0.462 e. The number of carbonyl (C=O) groups is 1. The minimum absolute atomic E-state index is 0.0783. The number of carbonyl (C=O) groups excluding carboxylic acids is 1. The minimum atomic E-state index is -0.0783. The second-order valence-corrected chi connectivity index (χ2v) is 3.89. The molecule has 0 saturated heterocycles. The lowest BCUT2D eigenvalue weighted by Crippen LogP contribution is -2.24. The topological polar surface area (TPSA) is 26.3 Å². The van der Waals surface area contributed by atoms with Crippen LogP contribution in [0.5, 0.6) is 0 Å². The molecule has 0 aliphatic heterocycles. The molecular formula is C12H18O2. The highest BCUT2D eigenvalue weighted by atomic mass is 16.5. The SMILES string of the molecule is C#CCC1CCC(OC(=O)CC)CC1. The minimum Gasteiger partial charge on any atom is -0.462 e. The molecular weight excluding hydrogens is 176 g/mol. The Morgan fingerprint density at radius 3 is 2.57 bits per heavy atom. The Balaban J connectivity index is 2.22. The van der Waals surface area contributed by atoms with Gasteiger partial charge in [0.2, 0.25) is 0 Å². The predicted octanol–water partition coefficient (Wildman–Crippen LogP) is 2.52. The highest BCUT2D eigenvalue weighted by molar-refractivity contribution is 5.69. The number of hydrogen-bond donors (Lipinski definition) is 0. The Hall–Kier alpha value is -0.970. The van der Waals surface area contributed by atoms with Crippen LogP contribution in [0.25, 0.3) is 0 Å². The third-order valence-electron chi connectivity index (χ3n) is 2.79. The van der Waals surface area contributed by atoms with Gasteiger partial charge in [0.1, 0.15) is 6.10 Å². The lowest BCUT2D eigenvalue weighted by Gasteiger charge is -2.27. The molecule has 0 heterocycles. The molecule has 2 heteroatoms. The summed E-state index contributed by atoms with van der Waals surface area (Å²) in [6.07, 6.45) is 10.9. The molecule has 1 saturated carbocycles. The Morgan fingerprint density at radius 1 is 1.43 bits per heavy atom. The van der Waals surface area contributed by atoms with Gasteiger partial charge in [0, 0.05) is 12.8 Å². The van der Waals surface area contributed by atoms with E-state index in [4.69, 9.17) is 11.2 Å². The molecule has 14 heavy (non-hydrogen) atoms. The number of hydrogen-bond acceptors (Lipinski definition) is 2. The van der Waals surface area contributed by atoms with Crippen molar-refractivity contribution in [2.75, 3.05) is 0 Å². The van der Waals surface area contributed by atoms with E-state index in [2.05, 4.69) is 5.92 Å². The first kappa shape index (κ1) is 11.1. The number of rotatable bonds is 3. The summed E-state index contributed by atoms with van der Waals surface area (Å²) >= 11 is 0. The Bertz CT molecular complexity index is 219. The normalized spacial score (nSPS) is 26.6. The maximum atomic E-state index is 11.0. The third-order valence-corrected chi connectivity index (χ3v) is 2.79. The van der Waals surface area contributed by atoms with Crippen LogP contribution in [0.3, 0.4) is 0 Å². The summed E-state index contributed by atoms with van der Waals surface area (Å²) in [5, 5.41) is 0. The molecule has 0 aromatic carbocycles. The van der Waals surface area contributed by atoms with Crippen molar-refractivity contribution in [1.29, 1.82) is 0 Å². The molecule has 1 rings (SSSR count). The van der Waals surface area contributed by atoms with Crippen LogP contribution < -0.4 is 0 Å². The van der Waals surface area contributed by atoms with E-state index < -0.39 is 0 Å². The molecule has 0 aromatic rings. The molecule has 0 radical (unpaired) electrons. The molecule has 0 aromatic heterocycles. The van der Waals surface area contributed by atoms with Gasteiger partial charge in [-0.05, 0) is 31.6 Å². The monoisotopic (exact) mass is 194 g/mol. The molecule has 0 amide bonds. The third kappa shape index (κ3) is 3.41. The van der Waals surface area contributed by atoms with Crippen LogP contribution >= 0.6 is 0 Å². The second kappa shape index (κ2) is 5.70. The van der Waals surface area contributed by atoms with E-state index in [-0.39, 0.29) is 12.1 Å². The lowest BCUT2D eigenvalue weighted by molar-refractivity contribution is -0.150. The maximum absolute atomic E-state index is 11.0. The van der Waals surface area contributed by atoms with Crippen molar-refractivity contribution in [1.82, 2.24) is 0 Å². The molecule has 0 atom stereocenters. The van der Waals surface area contributed by atoms with Crippen molar-refractivity contribution in [2.45, 2.75) is 51.6 Å². The van der Waals surface area contributed by atoms with Gasteiger partial charge in [-0.15, -0.1) is 12.3 Å². The van der Waals surface area contributed by atoms with E-state index in [1.54, 1.807) is 0 Å². The Kier molecular flexibility index (Phi) is 4.52. The summed E-state index contributed by atoms with van der Waals surface area (Å²) < 4.78 is 5.28. The van der Waals surface area contributed by atoms with Crippen LogP contribution in [-0.4, -0.2) is 12.1 Å². The van der Waals surface area contributed by atoms with Gasteiger partial charge in [-0.25, -0.2) is 0 Å². The van der Waals surface area contributed by atoms with Crippen LogP contribution in [0.4, 0.5) is 0 Å². The van der Waals surface area contributed by atoms with Gasteiger partial charge in [0.15, 0.2) is 0 Å². The molecule has 1 aliphatic carbocycles. The zero-order chi connectivity index (χ0) is 10.4. The smallest absolute Gasteiger partial charge is 0.305 e. The lowest BCUT2D eigenvalue weighted by atomic mass is 9.85. The summed E-state index contributed by atoms with van der Waals surface area (Å²) in [7, 11) is 0. The summed E-state index contributed by atoms with van der Waals surface area (Å²) in [5.74, 6) is 3.27. The fraction of sp³-hybridized carbons (Fsp3) is 0.750. The first-order valence-corrected chi connectivity index (χ1v) is 5.39. The summed E-state index contributed by atoms with van der Waals surface area (Å²) in [5.41, 5.74) is 0. The van der Waals surface area contributed by atoms with Gasteiger partial charge in [-0.1, -0.05) is 6.92 Å². The molecule has 0 unspecified atom stereocenters. The number of ether oxygens (including phenoxy) is 1. The number of terminal acetylenes is 1. The first-order valence-electron chi connectivity index (χ1n) is 5.39. The number of esters is 1. The van der Waals surface area contributed by atoms with Crippen molar-refractivity contribution in [3.05, 3.63) is 0 Å². The second-order valence-electron chi connectivity index (χ2n) is 3.89. The molecule has 0 spiro atoms. The van der Waals surface area contributed by atoms with E-state index in [9.17, 15) is 4.79 Å². The standard InChI is InChI=1S/C12H18O2/c1-3-5-10-6-8-11(9-7-10)14-12(13)4-2/h1,10-11H,4-9H2,2H3. The van der Waals surface area contributed by atoms with Gasteiger partial charge in [0.25, 0.3) is 0 Å². The van der Waals surface area contributed by atoms with E-state index >= 15 is 0 Å². The summed E-state index contributed by atoms with van der Waals surface area (Å²) in [4.78, 5) is 11.0. The van der Waals surface area contributed by atoms with Crippen molar-refractivity contribution < 1.29 is 9.53 Å². The van der Waals surface area contributed by atoms with Crippen LogP contribution in [0.1, 0.15) is 45.4 Å².